The lowest BCUT2D eigenvalue weighted by atomic mass is 9.84. The number of rotatable bonds is 7. The molecule has 1 saturated heterocycles. The Balaban J connectivity index is 1.76. The minimum Gasteiger partial charge on any atom is -0.381 e. The van der Waals surface area contributed by atoms with Gasteiger partial charge in [0.2, 0.25) is 10.0 Å². The van der Waals surface area contributed by atoms with E-state index in [1.807, 2.05) is 65.6 Å². The van der Waals surface area contributed by atoms with Crippen LogP contribution in [0, 0.1) is 5.92 Å². The molecule has 0 bridgehead atoms. The molecule has 7 nitrogen and oxygen atoms in total. The van der Waals surface area contributed by atoms with Gasteiger partial charge >= 0.3 is 0 Å². The lowest BCUT2D eigenvalue weighted by molar-refractivity contribution is 0.0361. The van der Waals surface area contributed by atoms with Crippen LogP contribution in [-0.2, 0) is 26.6 Å². The number of hydrogen-bond donors (Lipinski definition) is 1. The van der Waals surface area contributed by atoms with Crippen LogP contribution >= 0.6 is 11.3 Å². The Kier molecular flexibility index (Phi) is 9.49. The number of hydrogen-bond acceptors (Lipinski definition) is 6. The fraction of sp³-hybridized carbons (Fsp3) is 0.677. The molecule has 1 aliphatic carbocycles. The van der Waals surface area contributed by atoms with Gasteiger partial charge in [0.1, 0.15) is 0 Å². The largest absolute Gasteiger partial charge is 0.381 e. The topological polar surface area (TPSA) is 88.6 Å². The number of amides is 1. The molecule has 1 amide bonds. The van der Waals surface area contributed by atoms with E-state index in [9.17, 15) is 13.2 Å². The monoisotopic (exact) mass is 589 g/mol. The molecule has 1 aliphatic heterocycles. The molecular formula is C31H47N3O4S2. The van der Waals surface area contributed by atoms with Crippen molar-refractivity contribution in [3.8, 4) is 10.4 Å². The van der Waals surface area contributed by atoms with Crippen LogP contribution in [0.5, 0.6) is 0 Å². The van der Waals surface area contributed by atoms with E-state index in [-0.39, 0.29) is 11.9 Å². The Morgan fingerprint density at radius 3 is 2.30 bits per heavy atom. The van der Waals surface area contributed by atoms with Crippen LogP contribution < -0.4 is 4.72 Å². The predicted octanol–water partition coefficient (Wildman–Crippen LogP) is 6.56. The third-order valence-corrected chi connectivity index (χ3v) is 10.9. The fourth-order valence-corrected chi connectivity index (χ4v) is 8.70. The van der Waals surface area contributed by atoms with E-state index in [0.717, 1.165) is 41.0 Å². The summed E-state index contributed by atoms with van der Waals surface area (Å²) in [5.41, 5.74) is 1.64. The molecule has 2 heterocycles. The van der Waals surface area contributed by atoms with Gasteiger partial charge in [-0.15, -0.1) is 11.3 Å². The molecule has 0 radical (unpaired) electrons. The minimum atomic E-state index is -3.73. The zero-order valence-corrected chi connectivity index (χ0v) is 26.9. The van der Waals surface area contributed by atoms with Crippen LogP contribution in [0.4, 0.5) is 0 Å². The molecule has 4 rings (SSSR count). The SMILES string of the molecule is CN(C(=O)c1nc(CC2CCCCC2)c(-c2ccc(S(=O)(=O)NC(C)(C)C)c(C(C)(C)C)c2)s1)C1CCOCC1. The number of carbonyl (C=O) groups excluding carboxylic acids is 1. The first-order valence-electron chi connectivity index (χ1n) is 14.7. The molecule has 0 unspecified atom stereocenters. The molecule has 1 aromatic heterocycles. The molecule has 0 spiro atoms. The number of aromatic nitrogens is 1. The molecule has 2 aliphatic rings. The van der Waals surface area contributed by atoms with Gasteiger partial charge in [-0.3, -0.25) is 4.79 Å². The average molecular weight is 590 g/mol. The maximum atomic E-state index is 13.6. The lowest BCUT2D eigenvalue weighted by Crippen LogP contribution is -2.41. The minimum absolute atomic E-state index is 0.0438. The zero-order valence-electron chi connectivity index (χ0n) is 25.3. The average Bonchev–Trinajstić information content (AvgIpc) is 3.30. The molecule has 222 valence electrons. The molecule has 2 fully saturated rings. The summed E-state index contributed by atoms with van der Waals surface area (Å²) in [6, 6.07) is 5.78. The van der Waals surface area contributed by atoms with Gasteiger partial charge in [0.15, 0.2) is 5.01 Å². The Morgan fingerprint density at radius 1 is 1.05 bits per heavy atom. The first kappa shape index (κ1) is 31.1. The quantitative estimate of drug-likeness (QED) is 0.395. The summed E-state index contributed by atoms with van der Waals surface area (Å²) < 4.78 is 35.2. The van der Waals surface area contributed by atoms with E-state index in [1.54, 1.807) is 6.07 Å². The van der Waals surface area contributed by atoms with Crippen LogP contribution in [0.1, 0.15) is 108 Å². The summed E-state index contributed by atoms with van der Waals surface area (Å²) in [6.45, 7) is 13.0. The second-order valence-electron chi connectivity index (χ2n) is 13.6. The Hall–Kier alpha value is -1.81. The maximum Gasteiger partial charge on any atom is 0.282 e. The number of ether oxygens (including phenoxy) is 1. The summed E-state index contributed by atoms with van der Waals surface area (Å²) in [6.07, 6.45) is 8.65. The summed E-state index contributed by atoms with van der Waals surface area (Å²) in [5, 5.41) is 0.512. The Morgan fingerprint density at radius 2 is 1.70 bits per heavy atom. The van der Waals surface area contributed by atoms with Gasteiger partial charge in [-0.2, -0.15) is 0 Å². The van der Waals surface area contributed by atoms with Crippen LogP contribution in [0.25, 0.3) is 10.4 Å². The molecule has 1 saturated carbocycles. The molecule has 9 heteroatoms. The molecule has 1 N–H and O–H groups in total. The number of benzene rings is 1. The summed E-state index contributed by atoms with van der Waals surface area (Å²) in [4.78, 5) is 21.7. The van der Waals surface area contributed by atoms with Gasteiger partial charge in [-0.05, 0) is 74.6 Å². The van der Waals surface area contributed by atoms with Gasteiger partial charge in [0.05, 0.1) is 15.5 Å². The number of nitrogens with one attached hydrogen (secondary N) is 1. The molecular weight excluding hydrogens is 542 g/mol. The van der Waals surface area contributed by atoms with Gasteiger partial charge < -0.3 is 9.64 Å². The van der Waals surface area contributed by atoms with Gasteiger partial charge in [0, 0.05) is 31.8 Å². The normalized spacial score (nSPS) is 18.2. The third kappa shape index (κ3) is 7.52. The Bertz CT molecular complexity index is 1290. The number of nitrogens with zero attached hydrogens (tertiary/aromatic N) is 2. The van der Waals surface area contributed by atoms with Crippen molar-refractivity contribution in [2.75, 3.05) is 20.3 Å². The summed E-state index contributed by atoms with van der Waals surface area (Å²) in [5.74, 6) is 0.515. The standard InChI is InChI=1S/C31H47N3O4S2/c1-30(2,3)24-20-22(13-14-26(24)40(36,37)33-31(4,5)6)27-25(19-21-11-9-8-10-12-21)32-28(39-27)29(35)34(7)23-15-17-38-18-16-23/h13-14,20-21,23,33H,8-12,15-19H2,1-7H3. The highest BCUT2D eigenvalue weighted by Gasteiger charge is 2.31. The molecule has 0 atom stereocenters. The van der Waals surface area contributed by atoms with Crippen molar-refractivity contribution < 1.29 is 17.9 Å². The smallest absolute Gasteiger partial charge is 0.282 e. The van der Waals surface area contributed by atoms with Crippen LogP contribution in [0.3, 0.4) is 0 Å². The highest BCUT2D eigenvalue weighted by atomic mass is 32.2. The van der Waals surface area contributed by atoms with Crippen molar-refractivity contribution in [3.63, 3.8) is 0 Å². The van der Waals surface area contributed by atoms with Crippen molar-refractivity contribution >= 4 is 27.3 Å². The first-order chi connectivity index (χ1) is 18.7. The number of sulfonamides is 1. The first-order valence-corrected chi connectivity index (χ1v) is 17.0. The Labute approximate surface area is 245 Å². The van der Waals surface area contributed by atoms with Crippen LogP contribution in [0.2, 0.25) is 0 Å². The molecule has 40 heavy (non-hydrogen) atoms. The molecule has 1 aromatic carbocycles. The lowest BCUT2D eigenvalue weighted by Gasteiger charge is -2.30. The van der Waals surface area contributed by atoms with E-state index in [0.29, 0.717) is 29.0 Å². The third-order valence-electron chi connectivity index (χ3n) is 7.93. The van der Waals surface area contributed by atoms with Crippen molar-refractivity contribution in [2.24, 2.45) is 5.92 Å². The van der Waals surface area contributed by atoms with Crippen LogP contribution in [-0.4, -0.2) is 56.1 Å². The van der Waals surface area contributed by atoms with Gasteiger partial charge in [-0.25, -0.2) is 18.1 Å². The van der Waals surface area contributed by atoms with E-state index in [1.165, 1.54) is 43.4 Å². The van der Waals surface area contributed by atoms with Crippen molar-refractivity contribution in [2.45, 2.75) is 115 Å². The van der Waals surface area contributed by atoms with E-state index in [2.05, 4.69) is 4.72 Å². The number of thiazole rings is 1. The second-order valence-corrected chi connectivity index (χ2v) is 16.2. The highest BCUT2D eigenvalue weighted by Crippen LogP contribution is 2.39. The molecule has 2 aromatic rings. The van der Waals surface area contributed by atoms with Gasteiger partial charge in [-0.1, -0.05) is 58.9 Å². The van der Waals surface area contributed by atoms with Crippen molar-refractivity contribution in [1.82, 2.24) is 14.6 Å². The predicted molar refractivity (Wildman–Crippen MR) is 163 cm³/mol. The van der Waals surface area contributed by atoms with E-state index >= 15 is 0 Å². The number of carbonyl (C=O) groups is 1. The second kappa shape index (κ2) is 12.2. The maximum absolute atomic E-state index is 13.6. The highest BCUT2D eigenvalue weighted by molar-refractivity contribution is 7.89. The van der Waals surface area contributed by atoms with Crippen LogP contribution in [0.15, 0.2) is 23.1 Å². The summed E-state index contributed by atoms with van der Waals surface area (Å²) in [7, 11) is -1.85. The van der Waals surface area contributed by atoms with Gasteiger partial charge in [0.25, 0.3) is 5.91 Å². The van der Waals surface area contributed by atoms with E-state index < -0.39 is 21.0 Å². The van der Waals surface area contributed by atoms with Crippen molar-refractivity contribution in [3.05, 3.63) is 34.5 Å². The fourth-order valence-electron chi connectivity index (χ4n) is 5.81. The summed E-state index contributed by atoms with van der Waals surface area (Å²) >= 11 is 1.45. The van der Waals surface area contributed by atoms with Crippen molar-refractivity contribution in [1.29, 1.82) is 0 Å². The van der Waals surface area contributed by atoms with E-state index in [4.69, 9.17) is 9.72 Å². The zero-order chi connectivity index (χ0) is 29.3.